The fourth-order valence-corrected chi connectivity index (χ4v) is 1.75. The van der Waals surface area contributed by atoms with Gasteiger partial charge in [0.1, 0.15) is 5.75 Å². The number of benzene rings is 2. The number of methoxy groups -OCH3 is 1. The van der Waals surface area contributed by atoms with E-state index >= 15 is 0 Å². The molecule has 0 spiro atoms. The molecule has 0 N–H and O–H groups in total. The van der Waals surface area contributed by atoms with Crippen LogP contribution in [0, 0.1) is 0 Å². The van der Waals surface area contributed by atoms with Crippen LogP contribution in [-0.4, -0.2) is 21.2 Å². The van der Waals surface area contributed by atoms with Gasteiger partial charge in [0.15, 0.2) is 0 Å². The summed E-state index contributed by atoms with van der Waals surface area (Å²) in [5, 5.41) is 0. The Morgan fingerprint density at radius 3 is 2.18 bits per heavy atom. The van der Waals surface area contributed by atoms with Gasteiger partial charge in [-0.1, -0.05) is 24.3 Å². The molecule has 17 heavy (non-hydrogen) atoms. The Hall–Kier alpha value is -1.96. The van der Waals surface area contributed by atoms with E-state index in [1.54, 1.807) is 7.11 Å². The number of nitrogens with zero attached hydrogens (tertiary/aromatic N) is 1. The molecule has 0 saturated carbocycles. The molecular formula is C15H17NO. The molecule has 0 amide bonds. The molecule has 0 bridgehead atoms. The van der Waals surface area contributed by atoms with Gasteiger partial charge in [0, 0.05) is 19.8 Å². The molecule has 0 saturated heterocycles. The van der Waals surface area contributed by atoms with E-state index in [9.17, 15) is 0 Å². The van der Waals surface area contributed by atoms with Crippen molar-refractivity contribution in [3.63, 3.8) is 0 Å². The van der Waals surface area contributed by atoms with Crippen LogP contribution in [0.2, 0.25) is 0 Å². The minimum atomic E-state index is 0.887. The van der Waals surface area contributed by atoms with Crippen LogP contribution in [0.4, 0.5) is 5.69 Å². The van der Waals surface area contributed by atoms with Crippen LogP contribution in [-0.2, 0) is 0 Å². The molecular weight excluding hydrogens is 210 g/mol. The molecule has 2 heteroatoms. The second-order valence-electron chi connectivity index (χ2n) is 4.17. The third kappa shape index (κ3) is 2.59. The van der Waals surface area contributed by atoms with Crippen LogP contribution in [0.1, 0.15) is 0 Å². The molecule has 0 radical (unpaired) electrons. The van der Waals surface area contributed by atoms with E-state index < -0.39 is 0 Å². The lowest BCUT2D eigenvalue weighted by atomic mass is 10.0. The summed E-state index contributed by atoms with van der Waals surface area (Å²) in [7, 11) is 5.78. The third-order valence-corrected chi connectivity index (χ3v) is 2.79. The summed E-state index contributed by atoms with van der Waals surface area (Å²) in [5.74, 6) is 0.887. The van der Waals surface area contributed by atoms with Gasteiger partial charge >= 0.3 is 0 Å². The number of hydrogen-bond acceptors (Lipinski definition) is 2. The molecule has 88 valence electrons. The van der Waals surface area contributed by atoms with E-state index in [2.05, 4.69) is 41.3 Å². The normalized spacial score (nSPS) is 10.1. The molecule has 0 atom stereocenters. The first-order chi connectivity index (χ1) is 8.20. The van der Waals surface area contributed by atoms with E-state index in [1.165, 1.54) is 16.8 Å². The lowest BCUT2D eigenvalue weighted by molar-refractivity contribution is 0.415. The molecule has 0 heterocycles. The van der Waals surface area contributed by atoms with Crippen LogP contribution in [0.15, 0.2) is 48.5 Å². The topological polar surface area (TPSA) is 12.5 Å². The van der Waals surface area contributed by atoms with Crippen molar-refractivity contribution in [1.82, 2.24) is 0 Å². The minimum Gasteiger partial charge on any atom is -0.497 e. The Morgan fingerprint density at radius 1 is 0.882 bits per heavy atom. The molecule has 2 rings (SSSR count). The van der Waals surface area contributed by atoms with Gasteiger partial charge in [-0.3, -0.25) is 0 Å². The number of ether oxygens (including phenoxy) is 1. The first-order valence-corrected chi connectivity index (χ1v) is 5.62. The van der Waals surface area contributed by atoms with Crippen LogP contribution in [0.25, 0.3) is 11.1 Å². The van der Waals surface area contributed by atoms with Crippen molar-refractivity contribution in [3.8, 4) is 16.9 Å². The molecule has 0 aliphatic rings. The zero-order chi connectivity index (χ0) is 12.3. The lowest BCUT2D eigenvalue weighted by Crippen LogP contribution is -2.08. The molecule has 0 fully saturated rings. The lowest BCUT2D eigenvalue weighted by Gasteiger charge is -2.13. The van der Waals surface area contributed by atoms with E-state index in [-0.39, 0.29) is 0 Å². The zero-order valence-corrected chi connectivity index (χ0v) is 10.5. The van der Waals surface area contributed by atoms with Crippen molar-refractivity contribution in [1.29, 1.82) is 0 Å². The maximum Gasteiger partial charge on any atom is 0.118 e. The van der Waals surface area contributed by atoms with Crippen LogP contribution in [0.3, 0.4) is 0 Å². The average Bonchev–Trinajstić information content (AvgIpc) is 2.39. The Morgan fingerprint density at radius 2 is 1.59 bits per heavy atom. The van der Waals surface area contributed by atoms with Crippen molar-refractivity contribution >= 4 is 5.69 Å². The smallest absolute Gasteiger partial charge is 0.118 e. The minimum absolute atomic E-state index is 0.887. The van der Waals surface area contributed by atoms with E-state index in [0.29, 0.717) is 0 Å². The summed E-state index contributed by atoms with van der Waals surface area (Å²) < 4.78 is 5.16. The summed E-state index contributed by atoms with van der Waals surface area (Å²) in [6, 6.07) is 16.6. The van der Waals surface area contributed by atoms with Gasteiger partial charge in [-0.15, -0.1) is 0 Å². The molecule has 0 aliphatic carbocycles. The molecule has 0 aliphatic heterocycles. The monoisotopic (exact) mass is 227 g/mol. The zero-order valence-electron chi connectivity index (χ0n) is 10.5. The Labute approximate surface area is 102 Å². The van der Waals surface area contributed by atoms with Crippen LogP contribution in [0.5, 0.6) is 5.75 Å². The maximum absolute atomic E-state index is 5.16. The van der Waals surface area contributed by atoms with Gasteiger partial charge in [-0.25, -0.2) is 0 Å². The van der Waals surface area contributed by atoms with Crippen molar-refractivity contribution in [2.45, 2.75) is 0 Å². The Balaban J connectivity index is 2.35. The molecule has 0 aromatic heterocycles. The highest BCUT2D eigenvalue weighted by molar-refractivity contribution is 5.68. The summed E-state index contributed by atoms with van der Waals surface area (Å²) in [6.45, 7) is 0. The highest BCUT2D eigenvalue weighted by Gasteiger charge is 2.00. The SMILES string of the molecule is COc1ccc(-c2cccc(N(C)C)c2)cc1. The van der Waals surface area contributed by atoms with Gasteiger partial charge in [0.05, 0.1) is 7.11 Å². The van der Waals surface area contributed by atoms with E-state index in [1.807, 2.05) is 26.2 Å². The quantitative estimate of drug-likeness (QED) is 0.796. The van der Waals surface area contributed by atoms with Gasteiger partial charge in [-0.05, 0) is 35.4 Å². The first kappa shape index (κ1) is 11.5. The van der Waals surface area contributed by atoms with Crippen LogP contribution < -0.4 is 9.64 Å². The van der Waals surface area contributed by atoms with Crippen LogP contribution >= 0.6 is 0 Å². The average molecular weight is 227 g/mol. The van der Waals surface area contributed by atoms with Gasteiger partial charge in [0.25, 0.3) is 0 Å². The van der Waals surface area contributed by atoms with Gasteiger partial charge in [-0.2, -0.15) is 0 Å². The predicted molar refractivity (Wildman–Crippen MR) is 72.8 cm³/mol. The molecule has 0 unspecified atom stereocenters. The van der Waals surface area contributed by atoms with E-state index in [4.69, 9.17) is 4.74 Å². The number of hydrogen-bond donors (Lipinski definition) is 0. The highest BCUT2D eigenvalue weighted by atomic mass is 16.5. The standard InChI is InChI=1S/C15H17NO/c1-16(2)14-6-4-5-13(11-14)12-7-9-15(17-3)10-8-12/h4-11H,1-3H3. The summed E-state index contributed by atoms with van der Waals surface area (Å²) >= 11 is 0. The summed E-state index contributed by atoms with van der Waals surface area (Å²) in [5.41, 5.74) is 3.63. The number of anilines is 1. The largest absolute Gasteiger partial charge is 0.497 e. The van der Waals surface area contributed by atoms with Gasteiger partial charge in [0.2, 0.25) is 0 Å². The number of rotatable bonds is 3. The fraction of sp³-hybridized carbons (Fsp3) is 0.200. The molecule has 2 aromatic rings. The third-order valence-electron chi connectivity index (χ3n) is 2.79. The van der Waals surface area contributed by atoms with E-state index in [0.717, 1.165) is 5.75 Å². The van der Waals surface area contributed by atoms with Crippen molar-refractivity contribution < 1.29 is 4.74 Å². The van der Waals surface area contributed by atoms with Crippen molar-refractivity contribution in [2.24, 2.45) is 0 Å². The van der Waals surface area contributed by atoms with Gasteiger partial charge < -0.3 is 9.64 Å². The molecule has 2 nitrogen and oxygen atoms in total. The van der Waals surface area contributed by atoms with Crippen molar-refractivity contribution in [3.05, 3.63) is 48.5 Å². The summed E-state index contributed by atoms with van der Waals surface area (Å²) in [4.78, 5) is 2.10. The summed E-state index contributed by atoms with van der Waals surface area (Å²) in [6.07, 6.45) is 0. The highest BCUT2D eigenvalue weighted by Crippen LogP contribution is 2.25. The predicted octanol–water partition coefficient (Wildman–Crippen LogP) is 3.43. The Bertz CT molecular complexity index is 489. The second kappa shape index (κ2) is 4.91. The second-order valence-corrected chi connectivity index (χ2v) is 4.17. The fourth-order valence-electron chi connectivity index (χ4n) is 1.75. The first-order valence-electron chi connectivity index (χ1n) is 5.62. The maximum atomic E-state index is 5.16. The van der Waals surface area contributed by atoms with Crippen molar-refractivity contribution in [2.75, 3.05) is 26.1 Å². The Kier molecular flexibility index (Phi) is 3.33. The molecule has 2 aromatic carbocycles.